The second kappa shape index (κ2) is 6.85. The molecule has 0 fully saturated rings. The fourth-order valence-electron chi connectivity index (χ4n) is 3.01. The van der Waals surface area contributed by atoms with Gasteiger partial charge in [-0.05, 0) is 31.2 Å². The summed E-state index contributed by atoms with van der Waals surface area (Å²) in [5, 5.41) is 4.59. The molecule has 4 aromatic rings. The van der Waals surface area contributed by atoms with Gasteiger partial charge in [-0.25, -0.2) is 15.0 Å². The van der Waals surface area contributed by atoms with Crippen molar-refractivity contribution >= 4 is 28.5 Å². The maximum Gasteiger partial charge on any atom is 0.254 e. The number of imidazole rings is 1. The highest BCUT2D eigenvalue weighted by Gasteiger charge is 2.13. The Hall–Kier alpha value is -3.19. The summed E-state index contributed by atoms with van der Waals surface area (Å²) in [4.78, 5) is 27.9. The summed E-state index contributed by atoms with van der Waals surface area (Å²) < 4.78 is 1.94. The molecule has 0 aliphatic rings. The second-order valence-corrected chi connectivity index (χ2v) is 6.77. The molecule has 8 heteroatoms. The zero-order valence-electron chi connectivity index (χ0n) is 14.8. The quantitative estimate of drug-likeness (QED) is 0.565. The lowest BCUT2D eigenvalue weighted by molar-refractivity contribution is 0.856. The number of H-pyrrole nitrogens is 1. The molecule has 1 unspecified atom stereocenters. The van der Waals surface area contributed by atoms with E-state index in [4.69, 9.17) is 11.6 Å². The van der Waals surface area contributed by atoms with Crippen molar-refractivity contribution in [3.8, 4) is 11.3 Å². The summed E-state index contributed by atoms with van der Waals surface area (Å²) in [6.07, 6.45) is 6.79. The summed E-state index contributed by atoms with van der Waals surface area (Å²) in [5.74, 6) is 0.671. The standard InChI is InChI=1S/C19H17ClN6O/c1-11(15-6-13-5-14(20)8-23-18(13)25-19(15)27)24-17-7-12(3-4-22-17)16-9-21-10-26(16)2/h3-11H,1-2H3,(H,22,24)(H,23,25,27). The molecular formula is C19H17ClN6O. The molecule has 0 spiro atoms. The monoisotopic (exact) mass is 380 g/mol. The Morgan fingerprint density at radius 3 is 2.85 bits per heavy atom. The lowest BCUT2D eigenvalue weighted by Gasteiger charge is -2.15. The predicted molar refractivity (Wildman–Crippen MR) is 106 cm³/mol. The lowest BCUT2D eigenvalue weighted by Crippen LogP contribution is -2.20. The molecule has 0 saturated heterocycles. The number of pyridine rings is 3. The third-order valence-corrected chi connectivity index (χ3v) is 4.60. The number of anilines is 1. The summed E-state index contributed by atoms with van der Waals surface area (Å²) in [6, 6.07) is 7.17. The summed E-state index contributed by atoms with van der Waals surface area (Å²) in [7, 11) is 1.94. The first-order valence-corrected chi connectivity index (χ1v) is 8.77. The van der Waals surface area contributed by atoms with Crippen LogP contribution in [0.3, 0.4) is 0 Å². The van der Waals surface area contributed by atoms with Crippen LogP contribution in [0, 0.1) is 0 Å². The third-order valence-electron chi connectivity index (χ3n) is 4.39. The van der Waals surface area contributed by atoms with Gasteiger partial charge >= 0.3 is 0 Å². The van der Waals surface area contributed by atoms with Crippen molar-refractivity contribution in [2.24, 2.45) is 7.05 Å². The van der Waals surface area contributed by atoms with Crippen molar-refractivity contribution in [3.05, 3.63) is 70.1 Å². The van der Waals surface area contributed by atoms with Crippen molar-refractivity contribution in [1.82, 2.24) is 24.5 Å². The highest BCUT2D eigenvalue weighted by Crippen LogP contribution is 2.23. The zero-order chi connectivity index (χ0) is 19.0. The van der Waals surface area contributed by atoms with Crippen LogP contribution in [-0.4, -0.2) is 24.5 Å². The number of nitrogens with one attached hydrogen (secondary N) is 2. The molecule has 0 amide bonds. The minimum absolute atomic E-state index is 0.194. The first kappa shape index (κ1) is 17.2. The Labute approximate surface area is 160 Å². The Bertz CT molecular complexity index is 1180. The van der Waals surface area contributed by atoms with E-state index in [1.165, 1.54) is 6.20 Å². The molecule has 0 saturated carbocycles. The number of aryl methyl sites for hydroxylation is 1. The van der Waals surface area contributed by atoms with Gasteiger partial charge in [-0.2, -0.15) is 0 Å². The molecule has 4 heterocycles. The first-order chi connectivity index (χ1) is 13.0. The van der Waals surface area contributed by atoms with E-state index in [1.54, 1.807) is 30.9 Å². The zero-order valence-corrected chi connectivity index (χ0v) is 15.5. The van der Waals surface area contributed by atoms with Crippen molar-refractivity contribution in [2.75, 3.05) is 5.32 Å². The van der Waals surface area contributed by atoms with E-state index in [-0.39, 0.29) is 11.6 Å². The molecule has 0 bridgehead atoms. The Morgan fingerprint density at radius 2 is 2.07 bits per heavy atom. The van der Waals surface area contributed by atoms with E-state index >= 15 is 0 Å². The molecule has 2 N–H and O–H groups in total. The van der Waals surface area contributed by atoms with Crippen LogP contribution in [0.5, 0.6) is 0 Å². The molecule has 0 aliphatic heterocycles. The molecule has 7 nitrogen and oxygen atoms in total. The normalized spacial score (nSPS) is 12.3. The fraction of sp³-hybridized carbons (Fsp3) is 0.158. The van der Waals surface area contributed by atoms with Crippen LogP contribution in [0.2, 0.25) is 5.02 Å². The number of halogens is 1. The molecule has 1 atom stereocenters. The van der Waals surface area contributed by atoms with Crippen LogP contribution < -0.4 is 10.9 Å². The first-order valence-electron chi connectivity index (χ1n) is 8.39. The smallest absolute Gasteiger partial charge is 0.254 e. The molecule has 27 heavy (non-hydrogen) atoms. The Morgan fingerprint density at radius 1 is 1.22 bits per heavy atom. The topological polar surface area (TPSA) is 88.5 Å². The number of rotatable bonds is 4. The number of hydrogen-bond acceptors (Lipinski definition) is 5. The molecule has 4 rings (SSSR count). The van der Waals surface area contributed by atoms with E-state index in [0.717, 1.165) is 16.6 Å². The van der Waals surface area contributed by atoms with Crippen LogP contribution in [0.1, 0.15) is 18.5 Å². The van der Waals surface area contributed by atoms with Crippen LogP contribution >= 0.6 is 11.6 Å². The maximum absolute atomic E-state index is 12.4. The average Bonchev–Trinajstić information content (AvgIpc) is 3.07. The Balaban J connectivity index is 1.65. The van der Waals surface area contributed by atoms with Gasteiger partial charge in [0.05, 0.1) is 29.3 Å². The highest BCUT2D eigenvalue weighted by atomic mass is 35.5. The van der Waals surface area contributed by atoms with E-state index in [2.05, 4.69) is 25.3 Å². The minimum atomic E-state index is -0.258. The van der Waals surface area contributed by atoms with E-state index in [9.17, 15) is 4.79 Å². The SMILES string of the molecule is CC(Nc1cc(-c2cncn2C)ccn1)c1cc2cc(Cl)cnc2[nH]c1=O. The third kappa shape index (κ3) is 3.41. The van der Waals surface area contributed by atoms with Gasteiger partial charge in [0.1, 0.15) is 11.5 Å². The van der Waals surface area contributed by atoms with E-state index in [1.807, 2.05) is 30.7 Å². The van der Waals surface area contributed by atoms with Crippen molar-refractivity contribution < 1.29 is 0 Å². The summed E-state index contributed by atoms with van der Waals surface area (Å²) >= 11 is 6.01. The summed E-state index contributed by atoms with van der Waals surface area (Å²) in [6.45, 7) is 1.91. The number of fused-ring (bicyclic) bond motifs is 1. The van der Waals surface area contributed by atoms with Gasteiger partial charge in [-0.3, -0.25) is 4.79 Å². The van der Waals surface area contributed by atoms with Gasteiger partial charge in [0.2, 0.25) is 0 Å². The van der Waals surface area contributed by atoms with Crippen molar-refractivity contribution in [1.29, 1.82) is 0 Å². The van der Waals surface area contributed by atoms with Crippen LogP contribution in [-0.2, 0) is 7.05 Å². The van der Waals surface area contributed by atoms with Crippen LogP contribution in [0.25, 0.3) is 22.3 Å². The second-order valence-electron chi connectivity index (χ2n) is 6.33. The molecule has 0 aliphatic carbocycles. The number of aromatic amines is 1. The van der Waals surface area contributed by atoms with Gasteiger partial charge < -0.3 is 14.9 Å². The fourth-order valence-corrected chi connectivity index (χ4v) is 3.17. The van der Waals surface area contributed by atoms with E-state index in [0.29, 0.717) is 22.1 Å². The minimum Gasteiger partial charge on any atom is -0.363 e. The van der Waals surface area contributed by atoms with Gasteiger partial charge in [0, 0.05) is 36.0 Å². The largest absolute Gasteiger partial charge is 0.363 e. The number of nitrogens with zero attached hydrogens (tertiary/aromatic N) is 4. The molecular weight excluding hydrogens is 364 g/mol. The maximum atomic E-state index is 12.4. The number of aromatic nitrogens is 5. The van der Waals surface area contributed by atoms with Crippen LogP contribution in [0.4, 0.5) is 5.82 Å². The van der Waals surface area contributed by atoms with Crippen molar-refractivity contribution in [2.45, 2.75) is 13.0 Å². The predicted octanol–water partition coefficient (Wildman–Crippen LogP) is 3.55. The van der Waals surface area contributed by atoms with Gasteiger partial charge in [-0.1, -0.05) is 11.6 Å². The van der Waals surface area contributed by atoms with Crippen LogP contribution in [0.15, 0.2) is 54.0 Å². The molecule has 4 aromatic heterocycles. The summed E-state index contributed by atoms with van der Waals surface area (Å²) in [5.41, 5.74) is 2.87. The van der Waals surface area contributed by atoms with Gasteiger partial charge in [0.15, 0.2) is 0 Å². The van der Waals surface area contributed by atoms with E-state index < -0.39 is 0 Å². The molecule has 136 valence electrons. The van der Waals surface area contributed by atoms with Gasteiger partial charge in [-0.15, -0.1) is 0 Å². The number of hydrogen-bond donors (Lipinski definition) is 2. The lowest BCUT2D eigenvalue weighted by atomic mass is 10.1. The van der Waals surface area contributed by atoms with Gasteiger partial charge in [0.25, 0.3) is 5.56 Å². The molecule has 0 aromatic carbocycles. The van der Waals surface area contributed by atoms with Crippen molar-refractivity contribution in [3.63, 3.8) is 0 Å². The average molecular weight is 381 g/mol. The Kier molecular flexibility index (Phi) is 4.37. The molecule has 0 radical (unpaired) electrons. The highest BCUT2D eigenvalue weighted by molar-refractivity contribution is 6.31.